The van der Waals surface area contributed by atoms with Crippen LogP contribution in [0.4, 0.5) is 24.5 Å². The maximum Gasteiger partial charge on any atom is 0.416 e. The first-order chi connectivity index (χ1) is 21.2. The Hall–Kier alpha value is -4.34. The van der Waals surface area contributed by atoms with Crippen molar-refractivity contribution in [2.45, 2.75) is 57.2 Å². The van der Waals surface area contributed by atoms with Crippen molar-refractivity contribution < 1.29 is 22.8 Å². The van der Waals surface area contributed by atoms with Crippen LogP contribution in [-0.2, 0) is 12.7 Å². The topological polar surface area (TPSA) is 83.4 Å². The standard InChI is InChI=1S/C34H35F3N4O3/c35-34(36,37)27-9-4-8-24(17-27)33(44)39-28-18-25(32(43)38-15-14-22-6-2-1-3-7-22)12-13-30(28)40-19-23-16-26(21-40)29-10-5-11-31(42)41(29)20-23/h4-6,8-13,17-18,23,26H,1-3,7,14-16,19-21H2,(H,38,43)(H,39,44). The third-order valence-corrected chi connectivity index (χ3v) is 8.90. The van der Waals surface area contributed by atoms with Gasteiger partial charge >= 0.3 is 6.18 Å². The first-order valence-electron chi connectivity index (χ1n) is 15.2. The molecule has 1 fully saturated rings. The molecule has 2 aliphatic heterocycles. The Labute approximate surface area is 253 Å². The lowest BCUT2D eigenvalue weighted by atomic mass is 9.83. The number of nitrogens with zero attached hydrogens (tertiary/aromatic N) is 2. The van der Waals surface area contributed by atoms with Crippen molar-refractivity contribution in [3.63, 3.8) is 0 Å². The number of carbonyl (C=O) groups excluding carboxylic acids is 2. The summed E-state index contributed by atoms with van der Waals surface area (Å²) in [4.78, 5) is 41.1. The van der Waals surface area contributed by atoms with Gasteiger partial charge in [-0.2, -0.15) is 13.2 Å². The lowest BCUT2D eigenvalue weighted by Crippen LogP contribution is -2.47. The zero-order valence-electron chi connectivity index (χ0n) is 24.3. The number of halogens is 3. The highest BCUT2D eigenvalue weighted by Crippen LogP contribution is 2.39. The van der Waals surface area contributed by atoms with Gasteiger partial charge in [-0.25, -0.2) is 0 Å². The number of alkyl halides is 3. The molecule has 10 heteroatoms. The minimum atomic E-state index is -4.59. The van der Waals surface area contributed by atoms with Crippen molar-refractivity contribution in [3.05, 3.63) is 105 Å². The van der Waals surface area contributed by atoms with Crippen LogP contribution in [0.25, 0.3) is 0 Å². The fraction of sp³-hybridized carbons (Fsp3) is 0.382. The van der Waals surface area contributed by atoms with Crippen LogP contribution in [0.5, 0.6) is 0 Å². The van der Waals surface area contributed by atoms with Gasteiger partial charge in [0.15, 0.2) is 0 Å². The van der Waals surface area contributed by atoms with Crippen LogP contribution in [0.2, 0.25) is 0 Å². The third kappa shape index (κ3) is 6.44. The first-order valence-corrected chi connectivity index (χ1v) is 15.2. The summed E-state index contributed by atoms with van der Waals surface area (Å²) in [5.74, 6) is -0.689. The van der Waals surface area contributed by atoms with Crippen LogP contribution in [0.3, 0.4) is 0 Å². The smallest absolute Gasteiger partial charge is 0.369 e. The number of benzene rings is 2. The maximum atomic E-state index is 13.4. The molecular weight excluding hydrogens is 569 g/mol. The second-order valence-corrected chi connectivity index (χ2v) is 12.0. The molecule has 2 amide bonds. The number of nitrogens with one attached hydrogen (secondary N) is 2. The predicted molar refractivity (Wildman–Crippen MR) is 163 cm³/mol. The number of aromatic nitrogens is 1. The summed E-state index contributed by atoms with van der Waals surface area (Å²) >= 11 is 0. The molecule has 3 aromatic rings. The van der Waals surface area contributed by atoms with E-state index in [1.54, 1.807) is 30.3 Å². The van der Waals surface area contributed by atoms with Crippen LogP contribution in [-0.4, -0.2) is 36.0 Å². The molecule has 1 aliphatic carbocycles. The van der Waals surface area contributed by atoms with Gasteiger partial charge in [-0.3, -0.25) is 14.4 Å². The molecule has 6 rings (SSSR count). The van der Waals surface area contributed by atoms with Gasteiger partial charge in [0, 0.05) is 55.0 Å². The van der Waals surface area contributed by atoms with Gasteiger partial charge in [-0.05, 0) is 86.9 Å². The zero-order valence-corrected chi connectivity index (χ0v) is 24.3. The van der Waals surface area contributed by atoms with Gasteiger partial charge in [0.25, 0.3) is 17.4 Å². The number of hydrogen-bond donors (Lipinski definition) is 2. The second-order valence-electron chi connectivity index (χ2n) is 12.0. The highest BCUT2D eigenvalue weighted by Gasteiger charge is 2.36. The summed E-state index contributed by atoms with van der Waals surface area (Å²) in [5, 5.41) is 5.77. The molecule has 2 aromatic carbocycles. The van der Waals surface area contributed by atoms with Crippen LogP contribution < -0.4 is 21.1 Å². The largest absolute Gasteiger partial charge is 0.416 e. The average Bonchev–Trinajstić information content (AvgIpc) is 3.01. The Morgan fingerprint density at radius 3 is 2.52 bits per heavy atom. The third-order valence-electron chi connectivity index (χ3n) is 8.90. The molecule has 2 N–H and O–H groups in total. The van der Waals surface area contributed by atoms with Crippen molar-refractivity contribution in [1.29, 1.82) is 0 Å². The SMILES string of the molecule is O=C(NCCC1=CCCCC1)c1ccc(N2CC3CC(C2)c2cccc(=O)n2C3)c(NC(=O)c2cccc(C(F)(F)F)c2)c1. The van der Waals surface area contributed by atoms with E-state index in [-0.39, 0.29) is 28.9 Å². The van der Waals surface area contributed by atoms with Crippen LogP contribution in [0, 0.1) is 5.92 Å². The summed E-state index contributed by atoms with van der Waals surface area (Å²) < 4.78 is 41.9. The van der Waals surface area contributed by atoms with E-state index in [4.69, 9.17) is 0 Å². The van der Waals surface area contributed by atoms with Crippen molar-refractivity contribution in [2.24, 2.45) is 5.92 Å². The quantitative estimate of drug-likeness (QED) is 0.308. The maximum absolute atomic E-state index is 13.4. The highest BCUT2D eigenvalue weighted by atomic mass is 19.4. The van der Waals surface area contributed by atoms with Gasteiger partial charge in [0.2, 0.25) is 0 Å². The fourth-order valence-corrected chi connectivity index (χ4v) is 6.75. The van der Waals surface area contributed by atoms with Crippen molar-refractivity contribution in [3.8, 4) is 0 Å². The van der Waals surface area contributed by atoms with Crippen molar-refractivity contribution in [2.75, 3.05) is 29.9 Å². The molecule has 2 unspecified atom stereocenters. The monoisotopic (exact) mass is 604 g/mol. The van der Waals surface area contributed by atoms with Gasteiger partial charge in [0.1, 0.15) is 0 Å². The first kappa shape index (κ1) is 29.7. The number of anilines is 2. The van der Waals surface area contributed by atoms with E-state index in [1.807, 2.05) is 10.6 Å². The van der Waals surface area contributed by atoms with Gasteiger partial charge in [-0.15, -0.1) is 0 Å². The van der Waals surface area contributed by atoms with Crippen LogP contribution in [0.1, 0.15) is 76.4 Å². The van der Waals surface area contributed by atoms with E-state index in [9.17, 15) is 27.6 Å². The molecule has 3 heterocycles. The molecule has 2 atom stereocenters. The van der Waals surface area contributed by atoms with Crippen molar-refractivity contribution in [1.82, 2.24) is 9.88 Å². The highest BCUT2D eigenvalue weighted by molar-refractivity contribution is 6.07. The van der Waals surface area contributed by atoms with E-state index >= 15 is 0 Å². The Morgan fingerprint density at radius 2 is 1.73 bits per heavy atom. The molecule has 0 saturated carbocycles. The van der Waals surface area contributed by atoms with Gasteiger partial charge < -0.3 is 20.1 Å². The van der Waals surface area contributed by atoms with Crippen LogP contribution >= 0.6 is 0 Å². The minimum Gasteiger partial charge on any atom is -0.369 e. The molecule has 0 spiro atoms. The molecule has 3 aliphatic rings. The molecule has 1 saturated heterocycles. The van der Waals surface area contributed by atoms with E-state index in [0.717, 1.165) is 49.9 Å². The number of piperidine rings is 1. The van der Waals surface area contributed by atoms with Gasteiger partial charge in [-0.1, -0.05) is 23.8 Å². The average molecular weight is 605 g/mol. The number of fused-ring (bicyclic) bond motifs is 4. The molecule has 230 valence electrons. The molecule has 2 bridgehead atoms. The predicted octanol–water partition coefficient (Wildman–Crippen LogP) is 6.36. The van der Waals surface area contributed by atoms with E-state index in [2.05, 4.69) is 21.6 Å². The molecular formula is C34H35F3N4O3. The molecule has 0 radical (unpaired) electrons. The minimum absolute atomic E-state index is 0.0187. The van der Waals surface area contributed by atoms with E-state index in [1.165, 1.54) is 24.1 Å². The number of rotatable bonds is 7. The number of allylic oxidation sites excluding steroid dienone is 1. The Kier molecular flexibility index (Phi) is 8.33. The number of carbonyl (C=O) groups is 2. The molecule has 7 nitrogen and oxygen atoms in total. The molecule has 1 aromatic heterocycles. The van der Waals surface area contributed by atoms with Crippen molar-refractivity contribution >= 4 is 23.2 Å². The Balaban J connectivity index is 1.27. The lowest BCUT2D eigenvalue weighted by Gasteiger charge is -2.44. The van der Waals surface area contributed by atoms with E-state index in [0.29, 0.717) is 43.1 Å². The fourth-order valence-electron chi connectivity index (χ4n) is 6.75. The Morgan fingerprint density at radius 1 is 0.909 bits per heavy atom. The van der Waals surface area contributed by atoms with E-state index < -0.39 is 17.6 Å². The Bertz CT molecular complexity index is 1660. The summed E-state index contributed by atoms with van der Waals surface area (Å²) in [5.41, 5.74) is 2.62. The summed E-state index contributed by atoms with van der Waals surface area (Å²) in [7, 11) is 0. The van der Waals surface area contributed by atoms with Gasteiger partial charge in [0.05, 0.1) is 16.9 Å². The number of hydrogen-bond acceptors (Lipinski definition) is 4. The molecule has 44 heavy (non-hydrogen) atoms. The normalized spacial score (nSPS) is 19.5. The summed E-state index contributed by atoms with van der Waals surface area (Å²) in [6.45, 7) is 2.30. The van der Waals surface area contributed by atoms with Crippen LogP contribution in [0.15, 0.2) is 77.1 Å². The lowest BCUT2D eigenvalue weighted by molar-refractivity contribution is -0.137. The second kappa shape index (κ2) is 12.3. The summed E-state index contributed by atoms with van der Waals surface area (Å²) in [6.07, 6.45) is 3.85. The number of amides is 2. The number of pyridine rings is 1. The summed E-state index contributed by atoms with van der Waals surface area (Å²) in [6, 6.07) is 14.7. The zero-order chi connectivity index (χ0) is 30.8.